The summed E-state index contributed by atoms with van der Waals surface area (Å²) in [6, 6.07) is 10.2. The number of hydrogen-bond acceptors (Lipinski definition) is 3. The molecule has 2 N–H and O–H groups in total. The SMILES string of the molecule is CCNC(CO)(CSCC)c1ccccc1. The van der Waals surface area contributed by atoms with Crippen molar-refractivity contribution in [3.63, 3.8) is 0 Å². The van der Waals surface area contributed by atoms with Gasteiger partial charge in [0.15, 0.2) is 0 Å². The molecule has 1 atom stereocenters. The lowest BCUT2D eigenvalue weighted by atomic mass is 9.92. The standard InChI is InChI=1S/C13H21NOS/c1-3-14-13(10-15,11-16-4-2)12-8-6-5-7-9-12/h5-9,14-15H,3-4,10-11H2,1-2H3. The van der Waals surface area contributed by atoms with Gasteiger partial charge in [0.2, 0.25) is 0 Å². The minimum absolute atomic E-state index is 0.137. The maximum atomic E-state index is 9.71. The molecule has 0 aromatic heterocycles. The lowest BCUT2D eigenvalue weighted by Crippen LogP contribution is -2.47. The third kappa shape index (κ3) is 3.24. The van der Waals surface area contributed by atoms with Gasteiger partial charge in [-0.2, -0.15) is 11.8 Å². The van der Waals surface area contributed by atoms with Crippen molar-refractivity contribution in [1.29, 1.82) is 0 Å². The fraction of sp³-hybridized carbons (Fsp3) is 0.538. The Labute approximate surface area is 102 Å². The maximum Gasteiger partial charge on any atom is 0.0760 e. The van der Waals surface area contributed by atoms with Crippen molar-refractivity contribution in [2.24, 2.45) is 0 Å². The van der Waals surface area contributed by atoms with E-state index in [1.54, 1.807) is 0 Å². The van der Waals surface area contributed by atoms with Gasteiger partial charge in [-0.25, -0.2) is 0 Å². The highest BCUT2D eigenvalue weighted by Gasteiger charge is 2.29. The molecule has 0 fully saturated rings. The smallest absolute Gasteiger partial charge is 0.0760 e. The van der Waals surface area contributed by atoms with Crippen LogP contribution in [0.4, 0.5) is 0 Å². The minimum Gasteiger partial charge on any atom is -0.394 e. The fourth-order valence-electron chi connectivity index (χ4n) is 1.80. The molecular formula is C13H21NOS. The second-order valence-electron chi connectivity index (χ2n) is 3.77. The van der Waals surface area contributed by atoms with E-state index in [-0.39, 0.29) is 12.1 Å². The summed E-state index contributed by atoms with van der Waals surface area (Å²) in [5.41, 5.74) is 0.872. The average Bonchev–Trinajstić information content (AvgIpc) is 2.36. The lowest BCUT2D eigenvalue weighted by molar-refractivity contribution is 0.181. The molecule has 3 heteroatoms. The Morgan fingerprint density at radius 3 is 2.44 bits per heavy atom. The number of hydrogen-bond donors (Lipinski definition) is 2. The van der Waals surface area contributed by atoms with Crippen LogP contribution < -0.4 is 5.32 Å². The lowest BCUT2D eigenvalue weighted by Gasteiger charge is -2.33. The zero-order chi connectivity index (χ0) is 11.9. The van der Waals surface area contributed by atoms with E-state index < -0.39 is 0 Å². The second kappa shape index (κ2) is 6.94. The maximum absolute atomic E-state index is 9.71. The van der Waals surface area contributed by atoms with Gasteiger partial charge in [0.05, 0.1) is 12.1 Å². The predicted molar refractivity (Wildman–Crippen MR) is 71.9 cm³/mol. The number of benzene rings is 1. The summed E-state index contributed by atoms with van der Waals surface area (Å²) in [6.45, 7) is 5.21. The van der Waals surface area contributed by atoms with Crippen molar-refractivity contribution in [3.8, 4) is 0 Å². The van der Waals surface area contributed by atoms with Crippen molar-refractivity contribution in [2.75, 3.05) is 24.7 Å². The third-order valence-electron chi connectivity index (χ3n) is 2.66. The zero-order valence-corrected chi connectivity index (χ0v) is 10.9. The van der Waals surface area contributed by atoms with E-state index in [1.165, 1.54) is 5.56 Å². The fourth-order valence-corrected chi connectivity index (χ4v) is 2.71. The summed E-state index contributed by atoms with van der Waals surface area (Å²) in [6.07, 6.45) is 0. The molecule has 0 aliphatic rings. The highest BCUT2D eigenvalue weighted by molar-refractivity contribution is 7.99. The average molecular weight is 239 g/mol. The van der Waals surface area contributed by atoms with Crippen LogP contribution in [0.5, 0.6) is 0 Å². The van der Waals surface area contributed by atoms with Crippen LogP contribution in [0.2, 0.25) is 0 Å². The molecule has 1 unspecified atom stereocenters. The first-order valence-electron chi connectivity index (χ1n) is 5.78. The topological polar surface area (TPSA) is 32.3 Å². The number of aliphatic hydroxyl groups excluding tert-OH is 1. The molecule has 16 heavy (non-hydrogen) atoms. The highest BCUT2D eigenvalue weighted by Crippen LogP contribution is 2.25. The Balaban J connectivity index is 2.92. The van der Waals surface area contributed by atoms with Gasteiger partial charge in [-0.3, -0.25) is 0 Å². The quantitative estimate of drug-likeness (QED) is 0.765. The largest absolute Gasteiger partial charge is 0.394 e. The van der Waals surface area contributed by atoms with Gasteiger partial charge in [0, 0.05) is 5.75 Å². The molecule has 0 radical (unpaired) electrons. The van der Waals surface area contributed by atoms with Crippen molar-refractivity contribution in [2.45, 2.75) is 19.4 Å². The first-order chi connectivity index (χ1) is 7.79. The second-order valence-corrected chi connectivity index (χ2v) is 5.05. The Hall–Kier alpha value is -0.510. The van der Waals surface area contributed by atoms with E-state index in [0.717, 1.165) is 18.1 Å². The molecule has 0 bridgehead atoms. The van der Waals surface area contributed by atoms with Gasteiger partial charge in [-0.1, -0.05) is 44.2 Å². The van der Waals surface area contributed by atoms with Crippen molar-refractivity contribution >= 4 is 11.8 Å². The van der Waals surface area contributed by atoms with Gasteiger partial charge >= 0.3 is 0 Å². The van der Waals surface area contributed by atoms with Crippen LogP contribution in [0.15, 0.2) is 30.3 Å². The van der Waals surface area contributed by atoms with E-state index in [2.05, 4.69) is 31.3 Å². The van der Waals surface area contributed by atoms with E-state index >= 15 is 0 Å². The molecule has 1 aromatic carbocycles. The van der Waals surface area contributed by atoms with Gasteiger partial charge in [-0.15, -0.1) is 0 Å². The van der Waals surface area contributed by atoms with Crippen molar-refractivity contribution in [1.82, 2.24) is 5.32 Å². The van der Waals surface area contributed by atoms with Crippen LogP contribution in [-0.2, 0) is 5.54 Å². The van der Waals surface area contributed by atoms with Gasteiger partial charge in [-0.05, 0) is 17.9 Å². The monoisotopic (exact) mass is 239 g/mol. The first-order valence-corrected chi connectivity index (χ1v) is 6.93. The normalized spacial score (nSPS) is 14.7. The van der Waals surface area contributed by atoms with Crippen LogP contribution in [0.3, 0.4) is 0 Å². The molecule has 1 aromatic rings. The minimum atomic E-state index is -0.295. The molecule has 0 saturated carbocycles. The number of likely N-dealkylation sites (N-methyl/N-ethyl adjacent to an activating group) is 1. The van der Waals surface area contributed by atoms with Crippen LogP contribution in [0.25, 0.3) is 0 Å². The van der Waals surface area contributed by atoms with Crippen LogP contribution in [-0.4, -0.2) is 29.8 Å². The van der Waals surface area contributed by atoms with Gasteiger partial charge < -0.3 is 10.4 Å². The summed E-state index contributed by atoms with van der Waals surface area (Å²) in [5, 5.41) is 13.1. The number of nitrogens with one attached hydrogen (secondary N) is 1. The Bertz CT molecular complexity index is 291. The van der Waals surface area contributed by atoms with E-state index in [4.69, 9.17) is 0 Å². The molecule has 0 spiro atoms. The molecule has 0 aliphatic heterocycles. The predicted octanol–water partition coefficient (Wildman–Crippen LogP) is 2.24. The van der Waals surface area contributed by atoms with Crippen molar-refractivity contribution < 1.29 is 5.11 Å². The molecule has 2 nitrogen and oxygen atoms in total. The van der Waals surface area contributed by atoms with Crippen LogP contribution >= 0.6 is 11.8 Å². The van der Waals surface area contributed by atoms with Crippen molar-refractivity contribution in [3.05, 3.63) is 35.9 Å². The Kier molecular flexibility index (Phi) is 5.88. The molecule has 1 rings (SSSR count). The van der Waals surface area contributed by atoms with Crippen LogP contribution in [0, 0.1) is 0 Å². The third-order valence-corrected chi connectivity index (χ3v) is 3.77. The summed E-state index contributed by atoms with van der Waals surface area (Å²) < 4.78 is 0. The van der Waals surface area contributed by atoms with Crippen LogP contribution in [0.1, 0.15) is 19.4 Å². The molecule has 0 heterocycles. The molecule has 0 amide bonds. The Morgan fingerprint density at radius 1 is 1.25 bits per heavy atom. The number of thioether (sulfide) groups is 1. The Morgan fingerprint density at radius 2 is 1.94 bits per heavy atom. The first kappa shape index (κ1) is 13.6. The van der Waals surface area contributed by atoms with E-state index in [9.17, 15) is 5.11 Å². The summed E-state index contributed by atoms with van der Waals surface area (Å²) in [4.78, 5) is 0. The number of aliphatic hydroxyl groups is 1. The van der Waals surface area contributed by atoms with E-state index in [1.807, 2.05) is 30.0 Å². The highest BCUT2D eigenvalue weighted by atomic mass is 32.2. The molecule has 90 valence electrons. The number of rotatable bonds is 7. The van der Waals surface area contributed by atoms with E-state index in [0.29, 0.717) is 0 Å². The summed E-state index contributed by atoms with van der Waals surface area (Å²) >= 11 is 1.85. The molecule has 0 saturated heterocycles. The zero-order valence-electron chi connectivity index (χ0n) is 10.1. The van der Waals surface area contributed by atoms with Gasteiger partial charge in [0.25, 0.3) is 0 Å². The van der Waals surface area contributed by atoms with Gasteiger partial charge in [0.1, 0.15) is 0 Å². The molecule has 0 aliphatic carbocycles. The summed E-state index contributed by atoms with van der Waals surface area (Å²) in [5.74, 6) is 1.97. The summed E-state index contributed by atoms with van der Waals surface area (Å²) in [7, 11) is 0. The molecular weight excluding hydrogens is 218 g/mol.